The van der Waals surface area contributed by atoms with Crippen molar-refractivity contribution >= 4 is 5.97 Å². The molecule has 0 spiro atoms. The molecule has 0 aliphatic heterocycles. The lowest BCUT2D eigenvalue weighted by atomic mass is 9.99. The molecule has 82 valence electrons. The average molecular weight is 200 g/mol. The lowest BCUT2D eigenvalue weighted by Gasteiger charge is -2.13. The van der Waals surface area contributed by atoms with Gasteiger partial charge in [0.05, 0.1) is 6.61 Å². The van der Waals surface area contributed by atoms with E-state index in [1.165, 1.54) is 6.08 Å². The SMILES string of the molecule is C=CC(=O)OCC(C)CCC(C)CO. The van der Waals surface area contributed by atoms with E-state index in [0.29, 0.717) is 18.4 Å². The molecule has 3 heteroatoms. The molecule has 2 atom stereocenters. The number of hydrogen-bond acceptors (Lipinski definition) is 3. The van der Waals surface area contributed by atoms with Gasteiger partial charge in [-0.1, -0.05) is 20.4 Å². The maximum Gasteiger partial charge on any atom is 0.330 e. The molecule has 0 saturated carbocycles. The largest absolute Gasteiger partial charge is 0.462 e. The summed E-state index contributed by atoms with van der Waals surface area (Å²) in [4.78, 5) is 10.7. The number of esters is 1. The Kier molecular flexibility index (Phi) is 7.11. The van der Waals surface area contributed by atoms with Crippen LogP contribution in [0.4, 0.5) is 0 Å². The highest BCUT2D eigenvalue weighted by Gasteiger charge is 2.07. The fourth-order valence-electron chi connectivity index (χ4n) is 1.03. The van der Waals surface area contributed by atoms with E-state index in [0.717, 1.165) is 12.8 Å². The van der Waals surface area contributed by atoms with Crippen LogP contribution in [0.25, 0.3) is 0 Å². The second kappa shape index (κ2) is 7.56. The topological polar surface area (TPSA) is 46.5 Å². The summed E-state index contributed by atoms with van der Waals surface area (Å²) < 4.78 is 4.90. The smallest absolute Gasteiger partial charge is 0.330 e. The van der Waals surface area contributed by atoms with Gasteiger partial charge in [0.1, 0.15) is 0 Å². The normalized spacial score (nSPS) is 14.5. The number of carbonyl (C=O) groups is 1. The van der Waals surface area contributed by atoms with Crippen molar-refractivity contribution in [1.82, 2.24) is 0 Å². The van der Waals surface area contributed by atoms with E-state index >= 15 is 0 Å². The van der Waals surface area contributed by atoms with Gasteiger partial charge in [-0.15, -0.1) is 0 Å². The maximum absolute atomic E-state index is 10.7. The molecule has 3 nitrogen and oxygen atoms in total. The molecule has 0 aliphatic carbocycles. The van der Waals surface area contributed by atoms with Crippen LogP contribution in [0.2, 0.25) is 0 Å². The third-order valence-corrected chi connectivity index (χ3v) is 2.14. The Bertz CT molecular complexity index is 177. The van der Waals surface area contributed by atoms with Gasteiger partial charge in [0.25, 0.3) is 0 Å². The Balaban J connectivity index is 3.50. The fourth-order valence-corrected chi connectivity index (χ4v) is 1.03. The molecule has 0 fully saturated rings. The molecule has 2 unspecified atom stereocenters. The summed E-state index contributed by atoms with van der Waals surface area (Å²) in [6, 6.07) is 0. The van der Waals surface area contributed by atoms with Crippen LogP contribution < -0.4 is 0 Å². The van der Waals surface area contributed by atoms with Gasteiger partial charge >= 0.3 is 5.97 Å². The Hall–Kier alpha value is -0.830. The van der Waals surface area contributed by atoms with Crippen LogP contribution in [0.3, 0.4) is 0 Å². The molecule has 0 saturated heterocycles. The second-order valence-electron chi connectivity index (χ2n) is 3.80. The molecule has 0 aliphatic rings. The van der Waals surface area contributed by atoms with Gasteiger partial charge in [-0.2, -0.15) is 0 Å². The molecule has 0 aromatic carbocycles. The molecule has 14 heavy (non-hydrogen) atoms. The lowest BCUT2D eigenvalue weighted by Crippen LogP contribution is -2.11. The number of rotatable bonds is 7. The van der Waals surface area contributed by atoms with Crippen molar-refractivity contribution in [3.63, 3.8) is 0 Å². The zero-order valence-electron chi connectivity index (χ0n) is 9.03. The zero-order valence-corrected chi connectivity index (χ0v) is 9.03. The summed E-state index contributed by atoms with van der Waals surface area (Å²) in [5.74, 6) is 0.299. The Morgan fingerprint density at radius 1 is 1.43 bits per heavy atom. The molecule has 0 aromatic rings. The first-order valence-electron chi connectivity index (χ1n) is 5.00. The highest BCUT2D eigenvalue weighted by molar-refractivity contribution is 5.81. The van der Waals surface area contributed by atoms with Crippen LogP contribution in [0, 0.1) is 11.8 Å². The predicted molar refractivity (Wildman–Crippen MR) is 55.8 cm³/mol. The minimum absolute atomic E-state index is 0.221. The first-order valence-corrected chi connectivity index (χ1v) is 5.00. The van der Waals surface area contributed by atoms with Crippen LogP contribution >= 0.6 is 0 Å². The maximum atomic E-state index is 10.7. The van der Waals surface area contributed by atoms with Gasteiger partial charge in [0.15, 0.2) is 0 Å². The number of aliphatic hydroxyl groups is 1. The molecule has 0 radical (unpaired) electrons. The quantitative estimate of drug-likeness (QED) is 0.503. The second-order valence-corrected chi connectivity index (χ2v) is 3.80. The standard InChI is InChI=1S/C11H20O3/c1-4-11(13)14-8-10(3)6-5-9(2)7-12/h4,9-10,12H,1,5-8H2,2-3H3. The van der Waals surface area contributed by atoms with E-state index in [9.17, 15) is 4.79 Å². The number of hydrogen-bond donors (Lipinski definition) is 1. The van der Waals surface area contributed by atoms with Crippen molar-refractivity contribution in [2.24, 2.45) is 11.8 Å². The molecule has 0 amide bonds. The molecule has 0 heterocycles. The zero-order chi connectivity index (χ0) is 11.0. The van der Waals surface area contributed by atoms with Crippen molar-refractivity contribution in [3.05, 3.63) is 12.7 Å². The Labute approximate surface area is 85.8 Å². The minimum atomic E-state index is -0.368. The third kappa shape index (κ3) is 6.66. The van der Waals surface area contributed by atoms with E-state index in [4.69, 9.17) is 9.84 Å². The first kappa shape index (κ1) is 13.2. The van der Waals surface area contributed by atoms with E-state index in [1.807, 2.05) is 13.8 Å². The Morgan fingerprint density at radius 3 is 2.50 bits per heavy atom. The molecule has 0 bridgehead atoms. The van der Waals surface area contributed by atoms with Crippen LogP contribution in [0.15, 0.2) is 12.7 Å². The van der Waals surface area contributed by atoms with Gasteiger partial charge < -0.3 is 9.84 Å². The van der Waals surface area contributed by atoms with Crippen LogP contribution in [0.1, 0.15) is 26.7 Å². The number of aliphatic hydroxyl groups excluding tert-OH is 1. The van der Waals surface area contributed by atoms with Gasteiger partial charge in [0, 0.05) is 12.7 Å². The van der Waals surface area contributed by atoms with E-state index in [2.05, 4.69) is 6.58 Å². The van der Waals surface area contributed by atoms with Crippen molar-refractivity contribution in [2.45, 2.75) is 26.7 Å². The molecule has 0 rings (SSSR count). The summed E-state index contributed by atoms with van der Waals surface area (Å²) in [5.41, 5.74) is 0. The van der Waals surface area contributed by atoms with Gasteiger partial charge in [0.2, 0.25) is 0 Å². The van der Waals surface area contributed by atoms with E-state index in [1.54, 1.807) is 0 Å². The average Bonchev–Trinajstić information content (AvgIpc) is 2.22. The van der Waals surface area contributed by atoms with E-state index < -0.39 is 0 Å². The monoisotopic (exact) mass is 200 g/mol. The minimum Gasteiger partial charge on any atom is -0.462 e. The summed E-state index contributed by atoms with van der Waals surface area (Å²) in [6.45, 7) is 8.00. The summed E-state index contributed by atoms with van der Waals surface area (Å²) in [6.07, 6.45) is 3.10. The summed E-state index contributed by atoms with van der Waals surface area (Å²) >= 11 is 0. The first-order chi connectivity index (χ1) is 6.60. The lowest BCUT2D eigenvalue weighted by molar-refractivity contribution is -0.139. The Morgan fingerprint density at radius 2 is 2.00 bits per heavy atom. The number of ether oxygens (including phenoxy) is 1. The molecule has 0 aromatic heterocycles. The highest BCUT2D eigenvalue weighted by Crippen LogP contribution is 2.12. The molecular formula is C11H20O3. The fraction of sp³-hybridized carbons (Fsp3) is 0.727. The van der Waals surface area contributed by atoms with Crippen LogP contribution in [-0.2, 0) is 9.53 Å². The van der Waals surface area contributed by atoms with Crippen molar-refractivity contribution < 1.29 is 14.6 Å². The van der Waals surface area contributed by atoms with Crippen molar-refractivity contribution in [2.75, 3.05) is 13.2 Å². The molecule has 1 N–H and O–H groups in total. The van der Waals surface area contributed by atoms with E-state index in [-0.39, 0.29) is 12.6 Å². The third-order valence-electron chi connectivity index (χ3n) is 2.14. The van der Waals surface area contributed by atoms with Crippen LogP contribution in [0.5, 0.6) is 0 Å². The predicted octanol–water partition coefficient (Wildman–Crippen LogP) is 1.76. The van der Waals surface area contributed by atoms with Gasteiger partial charge in [-0.25, -0.2) is 4.79 Å². The summed E-state index contributed by atoms with van der Waals surface area (Å²) in [5, 5.41) is 8.81. The van der Waals surface area contributed by atoms with Crippen molar-refractivity contribution in [3.8, 4) is 0 Å². The summed E-state index contributed by atoms with van der Waals surface area (Å²) in [7, 11) is 0. The van der Waals surface area contributed by atoms with Crippen LogP contribution in [-0.4, -0.2) is 24.3 Å². The number of carbonyl (C=O) groups excluding carboxylic acids is 1. The molecular weight excluding hydrogens is 180 g/mol. The van der Waals surface area contributed by atoms with Gasteiger partial charge in [-0.05, 0) is 24.7 Å². The van der Waals surface area contributed by atoms with Gasteiger partial charge in [-0.3, -0.25) is 0 Å². The highest BCUT2D eigenvalue weighted by atomic mass is 16.5. The van der Waals surface area contributed by atoms with Crippen molar-refractivity contribution in [1.29, 1.82) is 0 Å².